The maximum atomic E-state index is 13.0. The first kappa shape index (κ1) is 26.5. The van der Waals surface area contributed by atoms with Gasteiger partial charge in [0.2, 0.25) is 0 Å². The van der Waals surface area contributed by atoms with Crippen LogP contribution in [0.3, 0.4) is 0 Å². The predicted molar refractivity (Wildman–Crippen MR) is 147 cm³/mol. The Labute approximate surface area is 223 Å². The summed E-state index contributed by atoms with van der Waals surface area (Å²) in [6.45, 7) is 8.96. The molecule has 3 fully saturated rings. The molecule has 0 aromatic heterocycles. The highest BCUT2D eigenvalue weighted by Gasteiger charge is 2.62. The van der Waals surface area contributed by atoms with Crippen molar-refractivity contribution in [2.75, 3.05) is 14.1 Å². The van der Waals surface area contributed by atoms with E-state index in [2.05, 4.69) is 51.2 Å². The van der Waals surface area contributed by atoms with Crippen molar-refractivity contribution < 1.29 is 14.3 Å². The molecule has 1 amide bonds. The number of fused-ring (bicyclic) bond motifs is 5. The largest absolute Gasteiger partial charge is 0.456 e. The number of nitrogens with zero attached hydrogens (tertiary/aromatic N) is 1. The predicted octanol–water partition coefficient (Wildman–Crippen LogP) is 6.06. The zero-order valence-electron chi connectivity index (χ0n) is 23.6. The molecular weight excluding hydrogens is 460 g/mol. The van der Waals surface area contributed by atoms with Crippen LogP contribution >= 0.6 is 0 Å². The van der Waals surface area contributed by atoms with Crippen molar-refractivity contribution in [3.05, 3.63) is 47.7 Å². The van der Waals surface area contributed by atoms with Gasteiger partial charge in [0.25, 0.3) is 5.91 Å². The Morgan fingerprint density at radius 3 is 2.32 bits per heavy atom. The van der Waals surface area contributed by atoms with Gasteiger partial charge in [-0.05, 0) is 113 Å². The smallest absolute Gasteiger partial charge is 0.303 e. The molecule has 5 nitrogen and oxygen atoms in total. The Bertz CT molecular complexity index is 1050. The Balaban J connectivity index is 1.41. The van der Waals surface area contributed by atoms with Gasteiger partial charge in [0, 0.05) is 24.4 Å². The summed E-state index contributed by atoms with van der Waals surface area (Å²) in [6, 6.07) is 9.90. The molecule has 1 aromatic rings. The van der Waals surface area contributed by atoms with Crippen LogP contribution in [0.1, 0.15) is 83.0 Å². The van der Waals surface area contributed by atoms with E-state index in [1.54, 1.807) is 0 Å². The summed E-state index contributed by atoms with van der Waals surface area (Å²) < 4.78 is 6.01. The van der Waals surface area contributed by atoms with Gasteiger partial charge in [-0.3, -0.25) is 9.59 Å². The van der Waals surface area contributed by atoms with Crippen LogP contribution in [0.2, 0.25) is 0 Å². The number of allylic oxidation sites excluding steroid dienone is 1. The quantitative estimate of drug-likeness (QED) is 0.493. The lowest BCUT2D eigenvalue weighted by atomic mass is 9.44. The van der Waals surface area contributed by atoms with Crippen LogP contribution in [0, 0.1) is 40.4 Å². The second kappa shape index (κ2) is 9.87. The van der Waals surface area contributed by atoms with Gasteiger partial charge in [-0.2, -0.15) is 0 Å². The molecule has 0 saturated heterocycles. The van der Waals surface area contributed by atoms with Gasteiger partial charge in [0.1, 0.15) is 6.10 Å². The number of carbonyl (C=O) groups is 2. The number of hydrogen-bond donors (Lipinski definition) is 1. The van der Waals surface area contributed by atoms with Gasteiger partial charge in [-0.25, -0.2) is 0 Å². The summed E-state index contributed by atoms with van der Waals surface area (Å²) in [4.78, 5) is 27.7. The third-order valence-corrected chi connectivity index (χ3v) is 11.4. The molecule has 0 unspecified atom stereocenters. The van der Waals surface area contributed by atoms with E-state index in [0.717, 1.165) is 36.3 Å². The minimum Gasteiger partial charge on any atom is -0.456 e. The highest BCUT2D eigenvalue weighted by atomic mass is 16.5. The fourth-order valence-electron chi connectivity index (χ4n) is 9.38. The number of ether oxygens (including phenoxy) is 1. The highest BCUT2D eigenvalue weighted by molar-refractivity contribution is 5.95. The molecule has 4 aliphatic rings. The fourth-order valence-corrected chi connectivity index (χ4v) is 9.38. The fraction of sp³-hybridized carbons (Fsp3) is 0.688. The number of rotatable bonds is 5. The molecule has 0 heterocycles. The Morgan fingerprint density at radius 1 is 0.973 bits per heavy atom. The second-order valence-electron chi connectivity index (χ2n) is 13.2. The topological polar surface area (TPSA) is 58.6 Å². The van der Waals surface area contributed by atoms with Crippen LogP contribution in [-0.2, 0) is 9.53 Å². The lowest BCUT2D eigenvalue weighted by Crippen LogP contribution is -2.57. The second-order valence-corrected chi connectivity index (χ2v) is 13.2. The van der Waals surface area contributed by atoms with E-state index in [9.17, 15) is 9.59 Å². The molecule has 37 heavy (non-hydrogen) atoms. The van der Waals surface area contributed by atoms with E-state index in [0.29, 0.717) is 22.9 Å². The van der Waals surface area contributed by atoms with E-state index in [4.69, 9.17) is 4.74 Å². The number of nitrogens with one attached hydrogen (secondary N) is 1. The summed E-state index contributed by atoms with van der Waals surface area (Å²) in [6.07, 6.45) is 10.2. The summed E-state index contributed by atoms with van der Waals surface area (Å²) in [5.74, 6) is 2.75. The first-order valence-corrected chi connectivity index (χ1v) is 14.5. The van der Waals surface area contributed by atoms with E-state index in [1.165, 1.54) is 39.0 Å². The molecule has 0 spiro atoms. The van der Waals surface area contributed by atoms with Crippen molar-refractivity contribution in [2.45, 2.75) is 84.8 Å². The number of amides is 1. The van der Waals surface area contributed by atoms with Gasteiger partial charge in [0.05, 0.1) is 5.70 Å². The standard InChI is InChI=1S/C32H46N2O3/c1-20(34(5)6)24-14-15-25-23-12-13-27-29(37-21(2)35)28(33-30(36)22-10-8-7-9-11-22)17-19-32(27,4)26(23)16-18-31(24,25)3/h7-11,17,20,23-27,29H,12-16,18-19H2,1-6H3,(H,33,36)/t20-,23-,24+,25-,26-,27+,29+,31+,32+/m0/s1. The molecule has 0 radical (unpaired) electrons. The molecule has 1 N–H and O–H groups in total. The van der Waals surface area contributed by atoms with Crippen LogP contribution in [0.4, 0.5) is 0 Å². The lowest BCUT2D eigenvalue weighted by Gasteiger charge is -2.61. The number of hydrogen-bond acceptors (Lipinski definition) is 4. The van der Waals surface area contributed by atoms with E-state index >= 15 is 0 Å². The molecule has 4 aliphatic carbocycles. The van der Waals surface area contributed by atoms with Gasteiger partial charge in [0.15, 0.2) is 0 Å². The Kier molecular flexibility index (Phi) is 7.06. The van der Waals surface area contributed by atoms with Crippen LogP contribution in [0.25, 0.3) is 0 Å². The van der Waals surface area contributed by atoms with Crippen LogP contribution in [0.15, 0.2) is 42.1 Å². The first-order valence-electron chi connectivity index (χ1n) is 14.5. The molecule has 1 aromatic carbocycles. The minimum absolute atomic E-state index is 0.0799. The van der Waals surface area contributed by atoms with E-state index in [1.807, 2.05) is 30.3 Å². The average molecular weight is 507 g/mol. The molecular formula is C32H46N2O3. The summed E-state index contributed by atoms with van der Waals surface area (Å²) in [5, 5.41) is 3.13. The van der Waals surface area contributed by atoms with Crippen molar-refractivity contribution >= 4 is 11.9 Å². The highest BCUT2D eigenvalue weighted by Crippen LogP contribution is 2.67. The Hall–Kier alpha value is -2.14. The van der Waals surface area contributed by atoms with Crippen LogP contribution in [-0.4, -0.2) is 43.0 Å². The van der Waals surface area contributed by atoms with Gasteiger partial charge >= 0.3 is 5.97 Å². The maximum Gasteiger partial charge on any atom is 0.303 e. The first-order chi connectivity index (χ1) is 17.6. The van der Waals surface area contributed by atoms with Gasteiger partial charge in [-0.15, -0.1) is 0 Å². The molecule has 0 aliphatic heterocycles. The molecule has 0 bridgehead atoms. The van der Waals surface area contributed by atoms with Gasteiger partial charge in [-0.1, -0.05) is 38.1 Å². The molecule has 9 atom stereocenters. The molecule has 5 heteroatoms. The lowest BCUT2D eigenvalue weighted by molar-refractivity contribution is -0.162. The molecule has 3 saturated carbocycles. The minimum atomic E-state index is -0.386. The van der Waals surface area contributed by atoms with Gasteiger partial charge < -0.3 is 15.0 Å². The summed E-state index contributed by atoms with van der Waals surface area (Å²) in [7, 11) is 4.47. The molecule has 202 valence electrons. The third kappa shape index (κ3) is 4.45. The summed E-state index contributed by atoms with van der Waals surface area (Å²) >= 11 is 0. The number of benzene rings is 1. The van der Waals surface area contributed by atoms with Crippen molar-refractivity contribution in [1.82, 2.24) is 10.2 Å². The van der Waals surface area contributed by atoms with E-state index < -0.39 is 0 Å². The number of esters is 1. The monoisotopic (exact) mass is 506 g/mol. The Morgan fingerprint density at radius 2 is 1.65 bits per heavy atom. The zero-order chi connectivity index (χ0) is 26.5. The van der Waals surface area contributed by atoms with Crippen molar-refractivity contribution in [1.29, 1.82) is 0 Å². The number of carbonyl (C=O) groups excluding carboxylic acids is 2. The van der Waals surface area contributed by atoms with E-state index in [-0.39, 0.29) is 29.3 Å². The van der Waals surface area contributed by atoms with Crippen molar-refractivity contribution in [3.63, 3.8) is 0 Å². The molecule has 5 rings (SSSR count). The van der Waals surface area contributed by atoms with Crippen molar-refractivity contribution in [2.24, 2.45) is 40.4 Å². The zero-order valence-corrected chi connectivity index (χ0v) is 23.6. The summed E-state index contributed by atoms with van der Waals surface area (Å²) in [5.41, 5.74) is 1.89. The SMILES string of the molecule is CC(=O)O[C@H]1C(NC(=O)c2ccccc2)=CC[C@@]2(C)[C@@H]1CC[C@@H]1[C@@H]2CC[C@]2(C)[C@@H]([C@H](C)N(C)C)CC[C@@H]12. The van der Waals surface area contributed by atoms with Crippen LogP contribution < -0.4 is 5.32 Å². The maximum absolute atomic E-state index is 13.0. The normalized spacial score (nSPS) is 39.6. The average Bonchev–Trinajstić information content (AvgIpc) is 3.22. The third-order valence-electron chi connectivity index (χ3n) is 11.4. The van der Waals surface area contributed by atoms with Crippen molar-refractivity contribution in [3.8, 4) is 0 Å². The van der Waals surface area contributed by atoms with Crippen LogP contribution in [0.5, 0.6) is 0 Å².